The Balaban J connectivity index is 3.50. The monoisotopic (exact) mass is 304 g/mol. The summed E-state index contributed by atoms with van der Waals surface area (Å²) in [7, 11) is -1.31. The van der Waals surface area contributed by atoms with Gasteiger partial charge in [-0.2, -0.15) is 4.31 Å². The van der Waals surface area contributed by atoms with Crippen LogP contribution in [-0.4, -0.2) is 41.5 Å². The van der Waals surface area contributed by atoms with Crippen molar-refractivity contribution in [3.8, 4) is 0 Å². The van der Waals surface area contributed by atoms with Gasteiger partial charge >= 0.3 is 5.69 Å². The third kappa shape index (κ3) is 3.00. The Kier molecular flexibility index (Phi) is 5.26. The fourth-order valence-electron chi connectivity index (χ4n) is 1.84. The van der Waals surface area contributed by atoms with Gasteiger partial charge in [0.25, 0.3) is 5.56 Å². The van der Waals surface area contributed by atoms with Gasteiger partial charge in [0.05, 0.1) is 0 Å². The first-order chi connectivity index (χ1) is 9.27. The topological polar surface area (TPSA) is 107 Å². The highest BCUT2D eigenvalue weighted by Crippen LogP contribution is 2.10. The highest BCUT2D eigenvalue weighted by atomic mass is 32.2. The Morgan fingerprint density at radius 3 is 2.35 bits per heavy atom. The first-order valence-corrected chi connectivity index (χ1v) is 7.68. The van der Waals surface area contributed by atoms with Gasteiger partial charge in [-0.15, -0.1) is 0 Å². The maximum absolute atomic E-state index is 12.5. The van der Waals surface area contributed by atoms with Crippen LogP contribution >= 0.6 is 0 Å². The Labute approximate surface area is 117 Å². The molecule has 0 fully saturated rings. The molecule has 0 aliphatic carbocycles. The standard InChI is InChI=1S/C11H20N4O4S/c1-4-6-15(7-5-12)20(18,19)9-8-13(2)11(17)14(3)10(9)16/h8H,4-7,12H2,1-3H3. The van der Waals surface area contributed by atoms with Crippen LogP contribution in [0.5, 0.6) is 0 Å². The van der Waals surface area contributed by atoms with Gasteiger partial charge < -0.3 is 10.3 Å². The Morgan fingerprint density at radius 1 is 1.25 bits per heavy atom. The van der Waals surface area contributed by atoms with E-state index in [0.29, 0.717) is 6.42 Å². The summed E-state index contributed by atoms with van der Waals surface area (Å²) in [5.41, 5.74) is 4.01. The molecular formula is C11H20N4O4S. The second-order valence-electron chi connectivity index (χ2n) is 4.44. The van der Waals surface area contributed by atoms with E-state index in [1.165, 1.54) is 14.1 Å². The Bertz CT molecular complexity index is 683. The maximum Gasteiger partial charge on any atom is 0.330 e. The lowest BCUT2D eigenvalue weighted by Gasteiger charge is -2.20. The number of nitrogens with two attached hydrogens (primary N) is 1. The summed E-state index contributed by atoms with van der Waals surface area (Å²) in [5.74, 6) is 0. The molecule has 0 unspecified atom stereocenters. The van der Waals surface area contributed by atoms with E-state index in [1.54, 1.807) is 0 Å². The van der Waals surface area contributed by atoms with Gasteiger partial charge in [0.2, 0.25) is 10.0 Å². The minimum atomic E-state index is -3.96. The predicted octanol–water partition coefficient (Wildman–Crippen LogP) is -1.56. The molecule has 0 radical (unpaired) electrons. The van der Waals surface area contributed by atoms with Crippen molar-refractivity contribution in [1.82, 2.24) is 13.4 Å². The van der Waals surface area contributed by atoms with Crippen LogP contribution in [0, 0.1) is 0 Å². The molecular weight excluding hydrogens is 284 g/mol. The summed E-state index contributed by atoms with van der Waals surface area (Å²) in [6.07, 6.45) is 1.66. The van der Waals surface area contributed by atoms with E-state index in [4.69, 9.17) is 5.73 Å². The predicted molar refractivity (Wildman–Crippen MR) is 75.0 cm³/mol. The molecule has 0 saturated heterocycles. The molecule has 0 amide bonds. The van der Waals surface area contributed by atoms with Crippen LogP contribution in [0.3, 0.4) is 0 Å². The van der Waals surface area contributed by atoms with Crippen molar-refractivity contribution in [1.29, 1.82) is 0 Å². The van der Waals surface area contributed by atoms with E-state index in [2.05, 4.69) is 0 Å². The summed E-state index contributed by atoms with van der Waals surface area (Å²) < 4.78 is 28.0. The minimum Gasteiger partial charge on any atom is -0.329 e. The van der Waals surface area contributed by atoms with E-state index >= 15 is 0 Å². The molecule has 0 atom stereocenters. The van der Waals surface area contributed by atoms with Gasteiger partial charge in [0.1, 0.15) is 0 Å². The zero-order chi connectivity index (χ0) is 15.5. The molecule has 2 N–H and O–H groups in total. The average Bonchev–Trinajstić information content (AvgIpc) is 2.40. The number of aryl methyl sites for hydroxylation is 1. The quantitative estimate of drug-likeness (QED) is 0.684. The van der Waals surface area contributed by atoms with Gasteiger partial charge in [0, 0.05) is 39.9 Å². The molecule has 8 nitrogen and oxygen atoms in total. The fourth-order valence-corrected chi connectivity index (χ4v) is 3.53. The Morgan fingerprint density at radius 2 is 1.85 bits per heavy atom. The van der Waals surface area contributed by atoms with Crippen molar-refractivity contribution in [2.45, 2.75) is 18.2 Å². The second-order valence-corrected chi connectivity index (χ2v) is 6.35. The molecule has 0 saturated carbocycles. The third-order valence-corrected chi connectivity index (χ3v) is 4.77. The SMILES string of the molecule is CCCN(CCN)S(=O)(=O)c1cn(C)c(=O)n(C)c1=O. The second kappa shape index (κ2) is 6.33. The number of nitrogens with zero attached hydrogens (tertiary/aromatic N) is 3. The lowest BCUT2D eigenvalue weighted by atomic mass is 10.5. The van der Waals surface area contributed by atoms with Crippen LogP contribution in [0.1, 0.15) is 13.3 Å². The molecule has 1 rings (SSSR count). The zero-order valence-electron chi connectivity index (χ0n) is 11.9. The summed E-state index contributed by atoms with van der Waals surface area (Å²) in [5, 5.41) is 0. The molecule has 0 aliphatic heterocycles. The summed E-state index contributed by atoms with van der Waals surface area (Å²) in [4.78, 5) is 23.2. The van der Waals surface area contributed by atoms with E-state index < -0.39 is 26.2 Å². The van der Waals surface area contributed by atoms with Gasteiger partial charge in [-0.05, 0) is 6.42 Å². The van der Waals surface area contributed by atoms with Crippen LogP contribution in [0.15, 0.2) is 20.7 Å². The van der Waals surface area contributed by atoms with Gasteiger partial charge in [-0.25, -0.2) is 13.2 Å². The summed E-state index contributed by atoms with van der Waals surface area (Å²) in [6, 6.07) is 0. The van der Waals surface area contributed by atoms with E-state index in [0.717, 1.165) is 19.6 Å². The fraction of sp³-hybridized carbons (Fsp3) is 0.636. The average molecular weight is 304 g/mol. The molecule has 0 bridgehead atoms. The third-order valence-electron chi connectivity index (χ3n) is 2.88. The minimum absolute atomic E-state index is 0.127. The van der Waals surface area contributed by atoms with Crippen LogP contribution in [0.25, 0.3) is 0 Å². The highest BCUT2D eigenvalue weighted by Gasteiger charge is 2.27. The highest BCUT2D eigenvalue weighted by molar-refractivity contribution is 7.89. The number of aromatic nitrogens is 2. The normalized spacial score (nSPS) is 12.1. The molecule has 1 heterocycles. The lowest BCUT2D eigenvalue weighted by molar-refractivity contribution is 0.415. The van der Waals surface area contributed by atoms with E-state index in [1.807, 2.05) is 6.92 Å². The molecule has 114 valence electrons. The lowest BCUT2D eigenvalue weighted by Crippen LogP contribution is -2.44. The van der Waals surface area contributed by atoms with E-state index in [9.17, 15) is 18.0 Å². The van der Waals surface area contributed by atoms with E-state index in [-0.39, 0.29) is 19.6 Å². The van der Waals surface area contributed by atoms with Crippen LogP contribution in [0.4, 0.5) is 0 Å². The number of hydrogen-bond acceptors (Lipinski definition) is 5. The van der Waals surface area contributed by atoms with Gasteiger partial charge in [0.15, 0.2) is 4.90 Å². The Hall–Kier alpha value is -1.45. The molecule has 20 heavy (non-hydrogen) atoms. The first-order valence-electron chi connectivity index (χ1n) is 6.24. The largest absolute Gasteiger partial charge is 0.330 e. The molecule has 1 aromatic heterocycles. The molecule has 1 aromatic rings. The summed E-state index contributed by atoms with van der Waals surface area (Å²) >= 11 is 0. The van der Waals surface area contributed by atoms with Crippen LogP contribution in [0.2, 0.25) is 0 Å². The zero-order valence-corrected chi connectivity index (χ0v) is 12.7. The van der Waals surface area contributed by atoms with Crippen molar-refractivity contribution in [2.75, 3.05) is 19.6 Å². The van der Waals surface area contributed by atoms with Crippen LogP contribution in [-0.2, 0) is 24.1 Å². The summed E-state index contributed by atoms with van der Waals surface area (Å²) in [6.45, 7) is 2.39. The molecule has 9 heteroatoms. The number of sulfonamides is 1. The molecule has 0 aliphatic rings. The number of hydrogen-bond donors (Lipinski definition) is 1. The van der Waals surface area contributed by atoms with Crippen LogP contribution < -0.4 is 17.0 Å². The smallest absolute Gasteiger partial charge is 0.329 e. The van der Waals surface area contributed by atoms with Gasteiger partial charge in [-0.1, -0.05) is 6.92 Å². The van der Waals surface area contributed by atoms with Crippen molar-refractivity contribution < 1.29 is 8.42 Å². The van der Waals surface area contributed by atoms with Gasteiger partial charge in [-0.3, -0.25) is 9.36 Å². The first kappa shape index (κ1) is 16.6. The van der Waals surface area contributed by atoms with Crippen molar-refractivity contribution in [2.24, 2.45) is 19.8 Å². The van der Waals surface area contributed by atoms with Crippen molar-refractivity contribution in [3.63, 3.8) is 0 Å². The molecule has 0 spiro atoms. The maximum atomic E-state index is 12.5. The number of rotatable bonds is 6. The molecule has 0 aromatic carbocycles. The van der Waals surface area contributed by atoms with Crippen molar-refractivity contribution in [3.05, 3.63) is 27.0 Å². The van der Waals surface area contributed by atoms with Crippen molar-refractivity contribution >= 4 is 10.0 Å².